The fourth-order valence-electron chi connectivity index (χ4n) is 4.04. The molecule has 0 aromatic rings. The van der Waals surface area contributed by atoms with Crippen molar-refractivity contribution in [1.29, 1.82) is 0 Å². The quantitative estimate of drug-likeness (QED) is 0.805. The van der Waals surface area contributed by atoms with Crippen LogP contribution in [0.1, 0.15) is 38.5 Å². The Morgan fingerprint density at radius 2 is 2.14 bits per heavy atom. The van der Waals surface area contributed by atoms with E-state index in [0.717, 1.165) is 31.8 Å². The first-order chi connectivity index (χ1) is 10.2. The average Bonchev–Trinajstić information content (AvgIpc) is 3.30. The van der Waals surface area contributed by atoms with Crippen LogP contribution in [0.2, 0.25) is 0 Å². The van der Waals surface area contributed by atoms with Crippen molar-refractivity contribution >= 4 is 0 Å². The van der Waals surface area contributed by atoms with Crippen molar-refractivity contribution < 1.29 is 4.74 Å². The van der Waals surface area contributed by atoms with Crippen molar-refractivity contribution in [3.8, 4) is 0 Å². The van der Waals surface area contributed by atoms with Gasteiger partial charge in [-0.3, -0.25) is 0 Å². The van der Waals surface area contributed by atoms with Gasteiger partial charge in [0, 0.05) is 43.7 Å². The van der Waals surface area contributed by atoms with Crippen molar-refractivity contribution in [2.75, 3.05) is 53.5 Å². The first kappa shape index (κ1) is 15.7. The summed E-state index contributed by atoms with van der Waals surface area (Å²) in [6.07, 6.45) is 7.99. The Balaban J connectivity index is 1.56. The summed E-state index contributed by atoms with van der Waals surface area (Å²) >= 11 is 0. The third kappa shape index (κ3) is 4.41. The molecule has 0 radical (unpaired) electrons. The summed E-state index contributed by atoms with van der Waals surface area (Å²) in [5.41, 5.74) is 0.339. The van der Waals surface area contributed by atoms with Crippen molar-refractivity contribution in [1.82, 2.24) is 15.1 Å². The molecule has 21 heavy (non-hydrogen) atoms. The lowest BCUT2D eigenvalue weighted by atomic mass is 9.81. The lowest BCUT2D eigenvalue weighted by Gasteiger charge is -2.44. The molecule has 2 aliphatic heterocycles. The molecule has 2 unspecified atom stereocenters. The topological polar surface area (TPSA) is 27.7 Å². The average molecular weight is 295 g/mol. The molecular formula is C17H33N3O. The van der Waals surface area contributed by atoms with E-state index in [1.54, 1.807) is 0 Å². The molecule has 0 spiro atoms. The highest BCUT2D eigenvalue weighted by atomic mass is 16.5. The number of likely N-dealkylation sites (N-methyl/N-ethyl adjacent to an activating group) is 2. The highest BCUT2D eigenvalue weighted by Crippen LogP contribution is 2.31. The number of likely N-dealkylation sites (tertiary alicyclic amines) is 1. The van der Waals surface area contributed by atoms with Gasteiger partial charge in [-0.05, 0) is 59.2 Å². The highest BCUT2D eigenvalue weighted by molar-refractivity contribution is 4.92. The van der Waals surface area contributed by atoms with Gasteiger partial charge in [0.05, 0.1) is 6.61 Å². The molecule has 122 valence electrons. The summed E-state index contributed by atoms with van der Waals surface area (Å²) in [4.78, 5) is 5.11. The largest absolute Gasteiger partial charge is 0.381 e. The molecule has 4 nitrogen and oxygen atoms in total. The summed E-state index contributed by atoms with van der Waals surface area (Å²) in [5.74, 6) is 0. The summed E-state index contributed by atoms with van der Waals surface area (Å²) < 4.78 is 5.87. The molecule has 3 aliphatic rings. The molecule has 0 bridgehead atoms. The molecular weight excluding hydrogens is 262 g/mol. The maximum absolute atomic E-state index is 5.87. The maximum atomic E-state index is 5.87. The van der Waals surface area contributed by atoms with Crippen LogP contribution in [-0.4, -0.2) is 75.4 Å². The Morgan fingerprint density at radius 3 is 2.81 bits per heavy atom. The first-order valence-electron chi connectivity index (χ1n) is 8.87. The zero-order valence-corrected chi connectivity index (χ0v) is 13.9. The Hall–Kier alpha value is -0.160. The molecule has 1 saturated carbocycles. The fraction of sp³-hybridized carbons (Fsp3) is 1.00. The van der Waals surface area contributed by atoms with Crippen LogP contribution in [0, 0.1) is 5.41 Å². The normalized spacial score (nSPS) is 35.3. The summed E-state index contributed by atoms with van der Waals surface area (Å²) in [6.45, 7) is 6.72. The molecule has 0 aromatic heterocycles. The fourth-order valence-corrected chi connectivity index (χ4v) is 4.04. The molecule has 2 atom stereocenters. The van der Waals surface area contributed by atoms with E-state index in [4.69, 9.17) is 4.74 Å². The molecule has 1 N–H and O–H groups in total. The SMILES string of the molecule is CN1CCCC(N(C)CC2(CNC3CC3)CCCOC2)C1. The minimum absolute atomic E-state index is 0.339. The van der Waals surface area contributed by atoms with E-state index in [1.807, 2.05) is 0 Å². The smallest absolute Gasteiger partial charge is 0.0546 e. The van der Waals surface area contributed by atoms with E-state index in [0.29, 0.717) is 5.41 Å². The van der Waals surface area contributed by atoms with Crippen LogP contribution >= 0.6 is 0 Å². The predicted molar refractivity (Wildman–Crippen MR) is 86.7 cm³/mol. The Kier molecular flexibility index (Phi) is 5.20. The van der Waals surface area contributed by atoms with Gasteiger partial charge in [-0.2, -0.15) is 0 Å². The summed E-state index contributed by atoms with van der Waals surface area (Å²) in [7, 11) is 4.59. The number of nitrogens with one attached hydrogen (secondary N) is 1. The third-order valence-electron chi connectivity index (χ3n) is 5.55. The van der Waals surface area contributed by atoms with Crippen LogP contribution in [-0.2, 0) is 4.74 Å². The zero-order valence-electron chi connectivity index (χ0n) is 13.9. The second-order valence-electron chi connectivity index (χ2n) is 7.78. The number of hydrogen-bond donors (Lipinski definition) is 1. The van der Waals surface area contributed by atoms with E-state index in [1.165, 1.54) is 58.2 Å². The third-order valence-corrected chi connectivity index (χ3v) is 5.55. The van der Waals surface area contributed by atoms with Gasteiger partial charge >= 0.3 is 0 Å². The lowest BCUT2D eigenvalue weighted by molar-refractivity contribution is -0.0327. The Bertz CT molecular complexity index is 326. The molecule has 0 aromatic carbocycles. The van der Waals surface area contributed by atoms with Crippen LogP contribution in [0.25, 0.3) is 0 Å². The Morgan fingerprint density at radius 1 is 1.29 bits per heavy atom. The van der Waals surface area contributed by atoms with Gasteiger partial charge in [-0.15, -0.1) is 0 Å². The van der Waals surface area contributed by atoms with Gasteiger partial charge in [-0.1, -0.05) is 0 Å². The van der Waals surface area contributed by atoms with Gasteiger partial charge in [0.2, 0.25) is 0 Å². The minimum atomic E-state index is 0.339. The summed E-state index contributed by atoms with van der Waals surface area (Å²) in [5, 5.41) is 3.77. The van der Waals surface area contributed by atoms with Crippen LogP contribution in [0.4, 0.5) is 0 Å². The summed E-state index contributed by atoms with van der Waals surface area (Å²) in [6, 6.07) is 1.53. The number of ether oxygens (including phenoxy) is 1. The molecule has 0 amide bonds. The standard InChI is InChI=1S/C17H33N3O/c1-19-9-3-5-16(11-19)20(2)13-17(8-4-10-21-14-17)12-18-15-6-7-15/h15-16,18H,3-14H2,1-2H3. The van der Waals surface area contributed by atoms with Crippen LogP contribution < -0.4 is 5.32 Å². The van der Waals surface area contributed by atoms with Crippen molar-refractivity contribution in [3.63, 3.8) is 0 Å². The number of piperidine rings is 1. The minimum Gasteiger partial charge on any atom is -0.381 e. The van der Waals surface area contributed by atoms with Gasteiger partial charge in [0.1, 0.15) is 0 Å². The molecule has 4 heteroatoms. The highest BCUT2D eigenvalue weighted by Gasteiger charge is 2.37. The Labute approximate surface area is 130 Å². The van der Waals surface area contributed by atoms with E-state index in [9.17, 15) is 0 Å². The monoisotopic (exact) mass is 295 g/mol. The lowest BCUT2D eigenvalue weighted by Crippen LogP contribution is -2.53. The van der Waals surface area contributed by atoms with Crippen LogP contribution in [0.3, 0.4) is 0 Å². The first-order valence-corrected chi connectivity index (χ1v) is 8.87. The molecule has 2 saturated heterocycles. The second kappa shape index (κ2) is 6.95. The van der Waals surface area contributed by atoms with Crippen molar-refractivity contribution in [2.24, 2.45) is 5.41 Å². The van der Waals surface area contributed by atoms with Crippen molar-refractivity contribution in [2.45, 2.75) is 50.6 Å². The van der Waals surface area contributed by atoms with Gasteiger partial charge in [0.15, 0.2) is 0 Å². The molecule has 2 heterocycles. The van der Waals surface area contributed by atoms with E-state index >= 15 is 0 Å². The number of hydrogen-bond acceptors (Lipinski definition) is 4. The van der Waals surface area contributed by atoms with E-state index < -0.39 is 0 Å². The second-order valence-corrected chi connectivity index (χ2v) is 7.78. The maximum Gasteiger partial charge on any atom is 0.0546 e. The van der Waals surface area contributed by atoms with Gasteiger partial charge in [-0.25, -0.2) is 0 Å². The van der Waals surface area contributed by atoms with Gasteiger partial charge < -0.3 is 19.9 Å². The number of nitrogens with zero attached hydrogens (tertiary/aromatic N) is 2. The van der Waals surface area contributed by atoms with Crippen LogP contribution in [0.5, 0.6) is 0 Å². The van der Waals surface area contributed by atoms with Gasteiger partial charge in [0.25, 0.3) is 0 Å². The van der Waals surface area contributed by atoms with Crippen molar-refractivity contribution in [3.05, 3.63) is 0 Å². The van der Waals surface area contributed by atoms with E-state index in [-0.39, 0.29) is 0 Å². The zero-order chi connectivity index (χ0) is 14.7. The molecule has 3 fully saturated rings. The van der Waals surface area contributed by atoms with E-state index in [2.05, 4.69) is 29.2 Å². The van der Waals surface area contributed by atoms with Crippen LogP contribution in [0.15, 0.2) is 0 Å². The number of rotatable bonds is 6. The molecule has 3 rings (SSSR count). The predicted octanol–water partition coefficient (Wildman–Crippen LogP) is 1.56. The molecule has 1 aliphatic carbocycles.